The summed E-state index contributed by atoms with van der Waals surface area (Å²) >= 11 is 0. The van der Waals surface area contributed by atoms with Gasteiger partial charge in [0.05, 0.1) is 18.5 Å². The van der Waals surface area contributed by atoms with Gasteiger partial charge >= 0.3 is 6.01 Å². The monoisotopic (exact) mass is 432 g/mol. The van der Waals surface area contributed by atoms with E-state index in [1.165, 1.54) is 44.3 Å². The fourth-order valence-corrected chi connectivity index (χ4v) is 4.27. The number of unbranched alkanes of at least 4 members (excludes halogenated alkanes) is 3. The standard InChI is InChI=1S/C25H32N6O/c1-2-3-4-7-14-32-25-28-23(27)22-15-21(16-26)31(24(22)29-25)18-20-10-8-19(9-11-20)17-30-12-5-6-13-30/h8-11,15H,2-7,12-14,17-18H2,1H3,(H2,27,28,29). The molecule has 1 aliphatic rings. The van der Waals surface area contributed by atoms with Gasteiger partial charge in [0.25, 0.3) is 0 Å². The van der Waals surface area contributed by atoms with Crippen LogP contribution in [-0.4, -0.2) is 39.1 Å². The Hall–Kier alpha value is -3.11. The van der Waals surface area contributed by atoms with Crippen molar-refractivity contribution in [3.8, 4) is 12.1 Å². The predicted molar refractivity (Wildman–Crippen MR) is 126 cm³/mol. The first-order valence-corrected chi connectivity index (χ1v) is 11.7. The normalized spacial score (nSPS) is 14.1. The third kappa shape index (κ3) is 5.20. The van der Waals surface area contributed by atoms with Crippen LogP contribution >= 0.6 is 0 Å². The lowest BCUT2D eigenvalue weighted by Crippen LogP contribution is -2.18. The summed E-state index contributed by atoms with van der Waals surface area (Å²) in [4.78, 5) is 11.4. The number of benzene rings is 1. The van der Waals surface area contributed by atoms with Crippen LogP contribution < -0.4 is 10.5 Å². The van der Waals surface area contributed by atoms with E-state index < -0.39 is 0 Å². The van der Waals surface area contributed by atoms with Crippen LogP contribution in [0.4, 0.5) is 5.82 Å². The number of hydrogen-bond donors (Lipinski definition) is 1. The molecule has 0 unspecified atom stereocenters. The first-order valence-electron chi connectivity index (χ1n) is 11.7. The van der Waals surface area contributed by atoms with Crippen molar-refractivity contribution >= 4 is 16.9 Å². The zero-order valence-corrected chi connectivity index (χ0v) is 18.9. The van der Waals surface area contributed by atoms with Crippen LogP contribution in [0.2, 0.25) is 0 Å². The van der Waals surface area contributed by atoms with Crippen molar-refractivity contribution in [3.63, 3.8) is 0 Å². The van der Waals surface area contributed by atoms with Gasteiger partial charge in [-0.1, -0.05) is 50.5 Å². The van der Waals surface area contributed by atoms with Gasteiger partial charge in [0.2, 0.25) is 0 Å². The molecular formula is C25H32N6O. The van der Waals surface area contributed by atoms with Crippen LogP contribution in [0.1, 0.15) is 62.3 Å². The first-order chi connectivity index (χ1) is 15.7. The van der Waals surface area contributed by atoms with Gasteiger partial charge < -0.3 is 15.0 Å². The Morgan fingerprint density at radius 2 is 1.75 bits per heavy atom. The zero-order valence-electron chi connectivity index (χ0n) is 18.9. The van der Waals surface area contributed by atoms with Crippen LogP contribution in [0.3, 0.4) is 0 Å². The molecule has 1 saturated heterocycles. The van der Waals surface area contributed by atoms with Crippen LogP contribution in [0.25, 0.3) is 11.0 Å². The quantitative estimate of drug-likeness (QED) is 0.475. The molecule has 4 rings (SSSR count). The number of rotatable bonds is 10. The van der Waals surface area contributed by atoms with E-state index in [1.54, 1.807) is 6.07 Å². The minimum Gasteiger partial charge on any atom is -0.463 e. The number of ether oxygens (including phenoxy) is 1. The highest BCUT2D eigenvalue weighted by Gasteiger charge is 2.16. The van der Waals surface area contributed by atoms with Crippen LogP contribution in [0.15, 0.2) is 30.3 Å². The fraction of sp³-hybridized carbons (Fsp3) is 0.480. The molecule has 0 bridgehead atoms. The maximum atomic E-state index is 9.69. The predicted octanol–water partition coefficient (Wildman–Crippen LogP) is 4.49. The minimum atomic E-state index is 0.274. The highest BCUT2D eigenvalue weighted by molar-refractivity contribution is 5.88. The third-order valence-electron chi connectivity index (χ3n) is 6.07. The Kier molecular flexibility index (Phi) is 7.23. The molecule has 0 amide bonds. The van der Waals surface area contributed by atoms with Crippen LogP contribution in [-0.2, 0) is 13.1 Å². The number of hydrogen-bond acceptors (Lipinski definition) is 6. The molecule has 7 nitrogen and oxygen atoms in total. The second kappa shape index (κ2) is 10.5. The average molecular weight is 433 g/mol. The van der Waals surface area contributed by atoms with Crippen molar-refractivity contribution < 1.29 is 4.74 Å². The summed E-state index contributed by atoms with van der Waals surface area (Å²) in [6, 6.07) is 12.9. The Bertz CT molecular complexity index is 1080. The van der Waals surface area contributed by atoms with Gasteiger partial charge in [-0.25, -0.2) is 0 Å². The molecule has 0 saturated carbocycles. The van der Waals surface area contributed by atoms with Gasteiger partial charge in [-0.15, -0.1) is 0 Å². The van der Waals surface area contributed by atoms with Gasteiger partial charge in [-0.2, -0.15) is 15.2 Å². The summed E-state index contributed by atoms with van der Waals surface area (Å²) in [5, 5.41) is 10.4. The number of nitrogen functional groups attached to an aromatic ring is 1. The van der Waals surface area contributed by atoms with E-state index in [-0.39, 0.29) is 6.01 Å². The number of nitriles is 1. The van der Waals surface area contributed by atoms with Crippen LogP contribution in [0, 0.1) is 11.3 Å². The molecular weight excluding hydrogens is 400 g/mol. The van der Waals surface area contributed by atoms with Crippen molar-refractivity contribution in [2.45, 2.75) is 58.5 Å². The molecule has 3 aromatic rings. The van der Waals surface area contributed by atoms with Crippen LogP contribution in [0.5, 0.6) is 6.01 Å². The highest BCUT2D eigenvalue weighted by Crippen LogP contribution is 2.26. The van der Waals surface area contributed by atoms with Crippen molar-refractivity contribution in [3.05, 3.63) is 47.2 Å². The molecule has 0 atom stereocenters. The summed E-state index contributed by atoms with van der Waals surface area (Å²) in [5.74, 6) is 0.342. The van der Waals surface area contributed by atoms with E-state index in [2.05, 4.69) is 52.1 Å². The van der Waals surface area contributed by atoms with E-state index in [1.807, 2.05) is 4.57 Å². The smallest absolute Gasteiger partial charge is 0.320 e. The number of fused-ring (bicyclic) bond motifs is 1. The average Bonchev–Trinajstić information content (AvgIpc) is 3.43. The van der Waals surface area contributed by atoms with Crippen molar-refractivity contribution in [1.82, 2.24) is 19.4 Å². The molecule has 0 spiro atoms. The molecule has 1 aromatic carbocycles. The molecule has 32 heavy (non-hydrogen) atoms. The molecule has 168 valence electrons. The molecule has 0 aliphatic carbocycles. The maximum Gasteiger partial charge on any atom is 0.320 e. The molecule has 1 aliphatic heterocycles. The van der Waals surface area contributed by atoms with Gasteiger partial charge in [-0.05, 0) is 49.5 Å². The molecule has 1 fully saturated rings. The Labute approximate surface area is 189 Å². The van der Waals surface area contributed by atoms with Gasteiger partial charge in [0.1, 0.15) is 17.6 Å². The lowest BCUT2D eigenvalue weighted by Gasteiger charge is -2.15. The fourth-order valence-electron chi connectivity index (χ4n) is 4.27. The Morgan fingerprint density at radius 1 is 1.03 bits per heavy atom. The van der Waals surface area contributed by atoms with E-state index in [0.29, 0.717) is 35.7 Å². The molecule has 3 heterocycles. The summed E-state index contributed by atoms with van der Waals surface area (Å²) in [6.45, 7) is 6.66. The zero-order chi connectivity index (χ0) is 22.3. The third-order valence-corrected chi connectivity index (χ3v) is 6.07. The topological polar surface area (TPSA) is 93.0 Å². The highest BCUT2D eigenvalue weighted by atomic mass is 16.5. The Balaban J connectivity index is 1.52. The molecule has 0 radical (unpaired) electrons. The van der Waals surface area contributed by atoms with E-state index in [4.69, 9.17) is 10.5 Å². The lowest BCUT2D eigenvalue weighted by atomic mass is 10.1. The van der Waals surface area contributed by atoms with E-state index >= 15 is 0 Å². The maximum absolute atomic E-state index is 9.69. The summed E-state index contributed by atoms with van der Waals surface area (Å²) in [7, 11) is 0. The summed E-state index contributed by atoms with van der Waals surface area (Å²) in [6.07, 6.45) is 7.05. The number of aromatic nitrogens is 3. The second-order valence-corrected chi connectivity index (χ2v) is 8.57. The second-order valence-electron chi connectivity index (χ2n) is 8.57. The molecule has 2 N–H and O–H groups in total. The van der Waals surface area contributed by atoms with Crippen molar-refractivity contribution in [1.29, 1.82) is 5.26 Å². The number of anilines is 1. The number of nitrogens with two attached hydrogens (primary N) is 1. The minimum absolute atomic E-state index is 0.274. The lowest BCUT2D eigenvalue weighted by molar-refractivity contribution is 0.283. The van der Waals surface area contributed by atoms with Crippen molar-refractivity contribution in [2.75, 3.05) is 25.4 Å². The number of likely N-dealkylation sites (tertiary alicyclic amines) is 1. The molecule has 7 heteroatoms. The summed E-state index contributed by atoms with van der Waals surface area (Å²) in [5.41, 5.74) is 9.76. The molecule has 2 aromatic heterocycles. The largest absolute Gasteiger partial charge is 0.463 e. The van der Waals surface area contributed by atoms with Gasteiger partial charge in [0, 0.05) is 6.54 Å². The van der Waals surface area contributed by atoms with E-state index in [9.17, 15) is 5.26 Å². The van der Waals surface area contributed by atoms with Crippen molar-refractivity contribution in [2.24, 2.45) is 0 Å². The van der Waals surface area contributed by atoms with E-state index in [0.717, 1.165) is 24.9 Å². The summed E-state index contributed by atoms with van der Waals surface area (Å²) < 4.78 is 7.66. The Morgan fingerprint density at radius 3 is 2.44 bits per heavy atom. The SMILES string of the molecule is CCCCCCOc1nc(N)c2cc(C#N)n(Cc3ccc(CN4CCCC4)cc3)c2n1. The van der Waals surface area contributed by atoms with Gasteiger partial charge in [-0.3, -0.25) is 4.90 Å². The van der Waals surface area contributed by atoms with Gasteiger partial charge in [0.15, 0.2) is 5.65 Å². The number of nitrogens with zero attached hydrogens (tertiary/aromatic N) is 5. The first kappa shape index (κ1) is 22.1.